The zero-order valence-corrected chi connectivity index (χ0v) is 11.4. The van der Waals surface area contributed by atoms with Crippen molar-refractivity contribution >= 4 is 6.29 Å². The fourth-order valence-electron chi connectivity index (χ4n) is 0.909. The minimum atomic E-state index is 0. The molecule has 0 aliphatic carbocycles. The Labute approximate surface area is 115 Å². The maximum atomic E-state index is 9.94. The molecule has 1 heterocycles. The maximum Gasteiger partial charge on any atom is 0.0104 e. The normalized spacial score (nSPS) is 8.07. The Morgan fingerprint density at radius 3 is 2.07 bits per heavy atom. The first-order chi connectivity index (χ1) is 6.84. The van der Waals surface area contributed by atoms with Crippen LogP contribution in [-0.4, -0.2) is 10.9 Å². The molecule has 0 bridgehead atoms. The molecular formula is C12H11NOY-2. The molecule has 1 radical (unpaired) electrons. The first-order valence-electron chi connectivity index (χ1n) is 4.25. The summed E-state index contributed by atoms with van der Waals surface area (Å²) >= 11 is 0. The Morgan fingerprint density at radius 1 is 1.20 bits per heavy atom. The van der Waals surface area contributed by atoms with Gasteiger partial charge < -0.3 is 9.36 Å². The molecule has 1 aromatic heterocycles. The molecule has 0 aliphatic heterocycles. The summed E-state index contributed by atoms with van der Waals surface area (Å²) in [6.07, 6.45) is 3.59. The number of aryl methyl sites for hydroxylation is 1. The molecule has 1 aromatic carbocycles. The second-order valence-electron chi connectivity index (χ2n) is 2.68. The van der Waals surface area contributed by atoms with E-state index in [0.29, 0.717) is 5.69 Å². The van der Waals surface area contributed by atoms with Crippen molar-refractivity contribution in [2.75, 3.05) is 0 Å². The van der Waals surface area contributed by atoms with Crippen LogP contribution in [0.4, 0.5) is 0 Å². The van der Waals surface area contributed by atoms with Gasteiger partial charge in [-0.05, 0) is 6.20 Å². The van der Waals surface area contributed by atoms with Crippen molar-refractivity contribution in [2.45, 2.75) is 0 Å². The van der Waals surface area contributed by atoms with E-state index in [1.54, 1.807) is 36.2 Å². The van der Waals surface area contributed by atoms with Crippen LogP contribution in [0, 0.1) is 6.07 Å². The number of hydrogen-bond donors (Lipinski definition) is 0. The molecule has 2 aromatic rings. The molecule has 0 N–H and O–H groups in total. The van der Waals surface area contributed by atoms with E-state index in [9.17, 15) is 4.79 Å². The fraction of sp³-hybridized carbons (Fsp3) is 0.0833. The predicted molar refractivity (Wildman–Crippen MR) is 55.5 cm³/mol. The minimum absolute atomic E-state index is 0. The van der Waals surface area contributed by atoms with Crippen LogP contribution in [0.1, 0.15) is 5.69 Å². The zero-order valence-electron chi connectivity index (χ0n) is 8.55. The third kappa shape index (κ3) is 5.65. The van der Waals surface area contributed by atoms with E-state index < -0.39 is 0 Å². The van der Waals surface area contributed by atoms with Crippen LogP contribution in [0.15, 0.2) is 48.7 Å². The molecule has 75 valence electrons. The van der Waals surface area contributed by atoms with E-state index in [1.807, 2.05) is 30.3 Å². The number of nitrogens with zero attached hydrogens (tertiary/aromatic N) is 1. The quantitative estimate of drug-likeness (QED) is 0.729. The van der Waals surface area contributed by atoms with Gasteiger partial charge in [0.1, 0.15) is 0 Å². The molecule has 2 nitrogen and oxygen atoms in total. The van der Waals surface area contributed by atoms with Gasteiger partial charge in [0.05, 0.1) is 0 Å². The first-order valence-corrected chi connectivity index (χ1v) is 4.25. The summed E-state index contributed by atoms with van der Waals surface area (Å²) in [4.78, 5) is 9.94. The number of carbonyl (C=O) groups excluding carboxylic acids is 1. The smallest absolute Gasteiger partial charge is 0.0104 e. The van der Waals surface area contributed by atoms with Gasteiger partial charge in [0.15, 0.2) is 0 Å². The number of benzene rings is 1. The summed E-state index contributed by atoms with van der Waals surface area (Å²) in [6.45, 7) is 0. The van der Waals surface area contributed by atoms with Crippen molar-refractivity contribution in [3.63, 3.8) is 0 Å². The molecule has 0 spiro atoms. The van der Waals surface area contributed by atoms with Crippen LogP contribution in [-0.2, 0) is 44.6 Å². The predicted octanol–water partition coefficient (Wildman–Crippen LogP) is 1.97. The van der Waals surface area contributed by atoms with Gasteiger partial charge in [0.25, 0.3) is 0 Å². The van der Waals surface area contributed by atoms with Gasteiger partial charge >= 0.3 is 0 Å². The summed E-state index contributed by atoms with van der Waals surface area (Å²) in [5.74, 6) is 0. The molecule has 0 saturated carbocycles. The van der Waals surface area contributed by atoms with Crippen LogP contribution >= 0.6 is 0 Å². The first kappa shape index (κ1) is 14.3. The van der Waals surface area contributed by atoms with Crippen molar-refractivity contribution in [3.05, 3.63) is 60.4 Å². The van der Waals surface area contributed by atoms with E-state index in [2.05, 4.69) is 6.07 Å². The van der Waals surface area contributed by atoms with E-state index in [1.165, 1.54) is 0 Å². The minimum Gasteiger partial charge on any atom is -0.417 e. The average molecular weight is 274 g/mol. The Hall–Kier alpha value is -0.726. The van der Waals surface area contributed by atoms with Gasteiger partial charge in [-0.3, -0.25) is 0 Å². The van der Waals surface area contributed by atoms with Crippen molar-refractivity contribution in [3.8, 4) is 0 Å². The van der Waals surface area contributed by atoms with Crippen LogP contribution in [0.2, 0.25) is 0 Å². The summed E-state index contributed by atoms with van der Waals surface area (Å²) in [7, 11) is 1.81. The second kappa shape index (κ2) is 8.57. The summed E-state index contributed by atoms with van der Waals surface area (Å²) in [6, 6.07) is 16.0. The molecule has 0 fully saturated rings. The van der Waals surface area contributed by atoms with Crippen LogP contribution in [0.25, 0.3) is 0 Å². The van der Waals surface area contributed by atoms with Gasteiger partial charge in [-0.1, -0.05) is 5.69 Å². The molecule has 15 heavy (non-hydrogen) atoms. The molecular weight excluding hydrogens is 263 g/mol. The summed E-state index contributed by atoms with van der Waals surface area (Å²) in [5, 5.41) is 0. The second-order valence-corrected chi connectivity index (χ2v) is 2.68. The zero-order chi connectivity index (χ0) is 10.2. The van der Waals surface area contributed by atoms with Crippen LogP contribution in [0.3, 0.4) is 0 Å². The molecule has 0 saturated heterocycles. The van der Waals surface area contributed by atoms with Crippen molar-refractivity contribution in [1.82, 2.24) is 4.57 Å². The Balaban J connectivity index is 0.000000253. The third-order valence-electron chi connectivity index (χ3n) is 1.66. The Bertz CT molecular complexity index is 343. The number of hydrogen-bond acceptors (Lipinski definition) is 1. The summed E-state index contributed by atoms with van der Waals surface area (Å²) < 4.78 is 1.72. The van der Waals surface area contributed by atoms with E-state index in [0.717, 1.165) is 0 Å². The van der Waals surface area contributed by atoms with Gasteiger partial charge in [0, 0.05) is 46.0 Å². The van der Waals surface area contributed by atoms with E-state index >= 15 is 0 Å². The molecule has 0 aliphatic rings. The Morgan fingerprint density at radius 2 is 1.87 bits per heavy atom. The molecule has 3 heteroatoms. The number of aromatic nitrogens is 1. The molecule has 2 rings (SSSR count). The van der Waals surface area contributed by atoms with Crippen LogP contribution in [0.5, 0.6) is 0 Å². The largest absolute Gasteiger partial charge is 0.417 e. The SMILES string of the molecule is Cn1cccc1[C-]=O.[Y].[c-]1ccccc1. The van der Waals surface area contributed by atoms with Crippen molar-refractivity contribution in [2.24, 2.45) is 7.05 Å². The van der Waals surface area contributed by atoms with Gasteiger partial charge in [-0.25, -0.2) is 0 Å². The van der Waals surface area contributed by atoms with Gasteiger partial charge in [0.2, 0.25) is 0 Å². The standard InChI is InChI=1S/C6H6NO.C6H5.Y/c1-7-4-2-3-6(7)5-8;1-2-4-6-5-3-1;/h2-4H,1H3;1-5H;/q2*-1;. The number of rotatable bonds is 1. The topological polar surface area (TPSA) is 22.0 Å². The maximum absolute atomic E-state index is 9.94. The van der Waals surface area contributed by atoms with Crippen LogP contribution < -0.4 is 0 Å². The van der Waals surface area contributed by atoms with E-state index in [-0.39, 0.29) is 32.7 Å². The Kier molecular flexibility index (Phi) is 8.16. The van der Waals surface area contributed by atoms with Gasteiger partial charge in [-0.2, -0.15) is 42.5 Å². The summed E-state index contributed by atoms with van der Waals surface area (Å²) in [5.41, 5.74) is 0.588. The molecule has 0 atom stereocenters. The molecule has 0 amide bonds. The van der Waals surface area contributed by atoms with Gasteiger partial charge in [-0.15, -0.1) is 6.07 Å². The van der Waals surface area contributed by atoms with Crippen molar-refractivity contribution in [1.29, 1.82) is 0 Å². The van der Waals surface area contributed by atoms with Crippen molar-refractivity contribution < 1.29 is 37.5 Å². The monoisotopic (exact) mass is 274 g/mol. The fourth-order valence-corrected chi connectivity index (χ4v) is 0.909. The average Bonchev–Trinajstić information content (AvgIpc) is 2.67. The van der Waals surface area contributed by atoms with E-state index in [4.69, 9.17) is 0 Å². The third-order valence-corrected chi connectivity index (χ3v) is 1.66. The molecule has 0 unspecified atom stereocenters.